The number of benzene rings is 3. The molecule has 4 rings (SSSR count). The van der Waals surface area contributed by atoms with Gasteiger partial charge >= 0.3 is 0 Å². The Kier molecular flexibility index (Phi) is 9.08. The highest BCUT2D eigenvalue weighted by molar-refractivity contribution is 9.10. The van der Waals surface area contributed by atoms with Crippen molar-refractivity contribution in [2.75, 3.05) is 25.0 Å². The van der Waals surface area contributed by atoms with Crippen molar-refractivity contribution in [1.82, 2.24) is 10.2 Å². The van der Waals surface area contributed by atoms with E-state index in [0.717, 1.165) is 32.4 Å². The van der Waals surface area contributed by atoms with Gasteiger partial charge in [-0.05, 0) is 95.4 Å². The van der Waals surface area contributed by atoms with Crippen LogP contribution < -0.4 is 15.4 Å². The van der Waals surface area contributed by atoms with Crippen molar-refractivity contribution < 1.29 is 14.3 Å². The van der Waals surface area contributed by atoms with E-state index in [-0.39, 0.29) is 16.9 Å². The lowest BCUT2D eigenvalue weighted by Crippen LogP contribution is -2.35. The highest BCUT2D eigenvalue weighted by Gasteiger charge is 2.18. The number of hydrogen-bond donors (Lipinski definition) is 2. The highest BCUT2D eigenvalue weighted by Crippen LogP contribution is 2.26. The lowest BCUT2D eigenvalue weighted by Gasteiger charge is -2.26. The molecule has 0 spiro atoms. The zero-order valence-electron chi connectivity index (χ0n) is 19.8. The van der Waals surface area contributed by atoms with E-state index < -0.39 is 0 Å². The number of piperidine rings is 1. The van der Waals surface area contributed by atoms with Crippen LogP contribution in [0.3, 0.4) is 0 Å². The van der Waals surface area contributed by atoms with Crippen LogP contribution in [0.4, 0.5) is 5.69 Å². The number of ether oxygens (including phenoxy) is 1. The van der Waals surface area contributed by atoms with Crippen LogP contribution in [0.15, 0.2) is 77.3 Å². The summed E-state index contributed by atoms with van der Waals surface area (Å²) >= 11 is 8.79. The summed E-state index contributed by atoms with van der Waals surface area (Å²) in [7, 11) is 0. The summed E-state index contributed by atoms with van der Waals surface area (Å²) in [6, 6.07) is 22.4. The van der Waals surface area contributed by atoms with Crippen LogP contribution in [0.25, 0.3) is 0 Å². The molecule has 186 valence electrons. The van der Waals surface area contributed by atoms with E-state index in [1.54, 1.807) is 42.5 Å². The Balaban J connectivity index is 1.27. The summed E-state index contributed by atoms with van der Waals surface area (Å²) in [5, 5.41) is 5.86. The predicted octanol–water partition coefficient (Wildman–Crippen LogP) is 5.82. The first-order valence-corrected chi connectivity index (χ1v) is 13.2. The van der Waals surface area contributed by atoms with Crippen LogP contribution in [-0.2, 0) is 6.42 Å². The third kappa shape index (κ3) is 7.15. The molecule has 0 atom stereocenters. The second-order valence-corrected chi connectivity index (χ2v) is 9.83. The Hall–Kier alpha value is -3.23. The molecule has 0 bridgehead atoms. The third-order valence-corrected chi connectivity index (χ3v) is 6.77. The molecule has 0 aromatic heterocycles. The van der Waals surface area contributed by atoms with Crippen molar-refractivity contribution in [2.24, 2.45) is 0 Å². The molecule has 1 heterocycles. The molecule has 1 saturated heterocycles. The maximum Gasteiger partial charge on any atom is 0.257 e. The Morgan fingerprint density at radius 3 is 2.31 bits per heavy atom. The molecule has 0 aliphatic carbocycles. The van der Waals surface area contributed by atoms with Crippen molar-refractivity contribution in [3.8, 4) is 5.75 Å². The van der Waals surface area contributed by atoms with E-state index in [1.165, 1.54) is 12.0 Å². The number of carbonyl (C=O) groups excluding carboxylic acids is 2. The van der Waals surface area contributed by atoms with Crippen molar-refractivity contribution in [2.45, 2.75) is 25.7 Å². The van der Waals surface area contributed by atoms with Gasteiger partial charge in [0, 0.05) is 36.3 Å². The zero-order chi connectivity index (χ0) is 25.3. The van der Waals surface area contributed by atoms with Gasteiger partial charge in [0.25, 0.3) is 11.8 Å². The fraction of sp³-hybridized carbons (Fsp3) is 0.250. The molecule has 0 saturated carbocycles. The van der Waals surface area contributed by atoms with E-state index in [0.29, 0.717) is 33.6 Å². The average Bonchev–Trinajstić information content (AvgIpc) is 2.90. The van der Waals surface area contributed by atoms with Gasteiger partial charge in [-0.1, -0.05) is 30.3 Å². The Labute approximate surface area is 225 Å². The van der Waals surface area contributed by atoms with Gasteiger partial charge in [-0.2, -0.15) is 0 Å². The average molecular weight is 567 g/mol. The lowest BCUT2D eigenvalue weighted by molar-refractivity contribution is 0.0724. The van der Waals surface area contributed by atoms with Crippen molar-refractivity contribution in [1.29, 1.82) is 0 Å². The maximum atomic E-state index is 12.7. The first kappa shape index (κ1) is 25.9. The molecule has 1 aliphatic rings. The monoisotopic (exact) mass is 565 g/mol. The largest absolute Gasteiger partial charge is 0.492 e. The molecule has 1 fully saturated rings. The number of rotatable bonds is 7. The van der Waals surface area contributed by atoms with Crippen molar-refractivity contribution in [3.63, 3.8) is 0 Å². The van der Waals surface area contributed by atoms with Crippen molar-refractivity contribution in [3.05, 3.63) is 94.0 Å². The number of nitrogens with one attached hydrogen (secondary N) is 2. The minimum atomic E-state index is -0.332. The Morgan fingerprint density at radius 2 is 1.61 bits per heavy atom. The Bertz CT molecular complexity index is 1210. The Morgan fingerprint density at radius 1 is 0.917 bits per heavy atom. The zero-order valence-corrected chi connectivity index (χ0v) is 22.2. The summed E-state index contributed by atoms with van der Waals surface area (Å²) in [6.45, 7) is 2.16. The number of anilines is 1. The van der Waals surface area contributed by atoms with Gasteiger partial charge in [-0.15, -0.1) is 0 Å². The third-order valence-electron chi connectivity index (χ3n) is 5.95. The number of hydrogen-bond acceptors (Lipinski definition) is 4. The minimum Gasteiger partial charge on any atom is -0.492 e. The number of likely N-dealkylation sites (tertiary alicyclic amines) is 1. The molecule has 3 aromatic rings. The minimum absolute atomic E-state index is 0.0511. The summed E-state index contributed by atoms with van der Waals surface area (Å²) in [5.41, 5.74) is 2.99. The molecule has 1 aliphatic heterocycles. The maximum absolute atomic E-state index is 12.7. The molecule has 2 amide bonds. The molecular formula is C28H28BrN3O3S. The van der Waals surface area contributed by atoms with E-state index in [9.17, 15) is 9.59 Å². The number of amides is 2. The lowest BCUT2D eigenvalue weighted by atomic mass is 10.1. The van der Waals surface area contributed by atoms with Gasteiger partial charge in [0.1, 0.15) is 5.75 Å². The van der Waals surface area contributed by atoms with Gasteiger partial charge in [0.2, 0.25) is 0 Å². The van der Waals surface area contributed by atoms with E-state index >= 15 is 0 Å². The summed E-state index contributed by atoms with van der Waals surface area (Å²) in [5.74, 6) is 0.388. The molecule has 3 aromatic carbocycles. The van der Waals surface area contributed by atoms with Crippen molar-refractivity contribution >= 4 is 50.8 Å². The standard InChI is InChI=1S/C28H28BrN3O3S/c29-24-19-22(11-14-25(24)35-18-15-20-7-3-1-4-8-20)26(33)31-28(36)30-23-12-9-21(10-13-23)27(34)32-16-5-2-6-17-32/h1,3-4,7-14,19H,2,5-6,15-18H2,(H2,30,31,33,36). The molecular weight excluding hydrogens is 538 g/mol. The van der Waals surface area contributed by atoms with E-state index in [2.05, 4.69) is 38.7 Å². The predicted molar refractivity (Wildman–Crippen MR) is 150 cm³/mol. The van der Waals surface area contributed by atoms with Crippen LogP contribution in [0.5, 0.6) is 5.75 Å². The number of halogens is 1. The van der Waals surface area contributed by atoms with Crippen LogP contribution in [0.2, 0.25) is 0 Å². The van der Waals surface area contributed by atoms with E-state index in [4.69, 9.17) is 17.0 Å². The SMILES string of the molecule is O=C(NC(=S)Nc1ccc(C(=O)N2CCCCC2)cc1)c1ccc(OCCc2ccccc2)c(Br)c1. The molecule has 0 unspecified atom stereocenters. The smallest absolute Gasteiger partial charge is 0.257 e. The summed E-state index contributed by atoms with van der Waals surface area (Å²) in [6.07, 6.45) is 4.09. The molecule has 6 nitrogen and oxygen atoms in total. The topological polar surface area (TPSA) is 70.7 Å². The second-order valence-electron chi connectivity index (χ2n) is 8.57. The van der Waals surface area contributed by atoms with Gasteiger partial charge < -0.3 is 15.0 Å². The van der Waals surface area contributed by atoms with Crippen LogP contribution in [0, 0.1) is 0 Å². The summed E-state index contributed by atoms with van der Waals surface area (Å²) < 4.78 is 6.55. The van der Waals surface area contributed by atoms with Crippen LogP contribution in [-0.4, -0.2) is 41.5 Å². The number of thiocarbonyl (C=S) groups is 1. The number of carbonyl (C=O) groups is 2. The second kappa shape index (κ2) is 12.6. The summed E-state index contributed by atoms with van der Waals surface area (Å²) in [4.78, 5) is 27.2. The fourth-order valence-corrected chi connectivity index (χ4v) is 4.70. The quantitative estimate of drug-likeness (QED) is 0.353. The highest BCUT2D eigenvalue weighted by atomic mass is 79.9. The molecule has 8 heteroatoms. The molecule has 36 heavy (non-hydrogen) atoms. The molecule has 2 N–H and O–H groups in total. The fourth-order valence-electron chi connectivity index (χ4n) is 4.00. The molecule has 0 radical (unpaired) electrons. The first-order valence-electron chi connectivity index (χ1n) is 12.0. The van der Waals surface area contributed by atoms with Gasteiger partial charge in [-0.25, -0.2) is 0 Å². The van der Waals surface area contributed by atoms with E-state index in [1.807, 2.05) is 23.1 Å². The van der Waals surface area contributed by atoms with Crippen LogP contribution >= 0.6 is 28.1 Å². The van der Waals surface area contributed by atoms with Gasteiger partial charge in [-0.3, -0.25) is 14.9 Å². The normalized spacial score (nSPS) is 13.1. The first-order chi connectivity index (χ1) is 17.5. The van der Waals surface area contributed by atoms with Crippen LogP contribution in [0.1, 0.15) is 45.5 Å². The van der Waals surface area contributed by atoms with Gasteiger partial charge in [0.15, 0.2) is 5.11 Å². The van der Waals surface area contributed by atoms with Gasteiger partial charge in [0.05, 0.1) is 11.1 Å². The number of nitrogens with zero attached hydrogens (tertiary/aromatic N) is 1.